The van der Waals surface area contributed by atoms with E-state index in [4.69, 9.17) is 13.7 Å². The minimum absolute atomic E-state index is 0.158. The molecule has 1 aliphatic heterocycles. The first-order valence-electron chi connectivity index (χ1n) is 8.49. The standard InChI is InChI=1S/C16H29NO6S/c1-16(2,3)23-15(18)17-7-5-13(6-8-17)22-14-9-12(10-14)11-21-24(4,19)20/h12-14H,5-11H2,1-4H3. The zero-order chi connectivity index (χ0) is 18.0. The van der Waals surface area contributed by atoms with Gasteiger partial charge in [0, 0.05) is 13.1 Å². The van der Waals surface area contributed by atoms with E-state index in [0.29, 0.717) is 13.1 Å². The summed E-state index contributed by atoms with van der Waals surface area (Å²) in [5, 5.41) is 0. The highest BCUT2D eigenvalue weighted by Crippen LogP contribution is 2.33. The van der Waals surface area contributed by atoms with Crippen LogP contribution in [-0.2, 0) is 23.8 Å². The number of carbonyl (C=O) groups is 1. The van der Waals surface area contributed by atoms with Gasteiger partial charge in [-0.2, -0.15) is 8.42 Å². The molecular weight excluding hydrogens is 334 g/mol. The molecule has 2 fully saturated rings. The van der Waals surface area contributed by atoms with E-state index in [-0.39, 0.29) is 30.8 Å². The van der Waals surface area contributed by atoms with Gasteiger partial charge in [-0.05, 0) is 52.4 Å². The molecule has 0 atom stereocenters. The molecule has 0 aromatic heterocycles. The number of hydrogen-bond donors (Lipinski definition) is 0. The van der Waals surface area contributed by atoms with Gasteiger partial charge in [-0.25, -0.2) is 4.79 Å². The van der Waals surface area contributed by atoms with E-state index >= 15 is 0 Å². The zero-order valence-corrected chi connectivity index (χ0v) is 15.8. The lowest BCUT2D eigenvalue weighted by molar-refractivity contribution is -0.0988. The fourth-order valence-corrected chi connectivity index (χ4v) is 3.35. The molecule has 24 heavy (non-hydrogen) atoms. The summed E-state index contributed by atoms with van der Waals surface area (Å²) in [5.74, 6) is 0.256. The van der Waals surface area contributed by atoms with E-state index in [2.05, 4.69) is 0 Å². The molecule has 2 aliphatic rings. The average Bonchev–Trinajstić information content (AvgIpc) is 2.38. The second-order valence-corrected chi connectivity index (χ2v) is 9.39. The van der Waals surface area contributed by atoms with Crippen molar-refractivity contribution in [2.75, 3.05) is 26.0 Å². The highest BCUT2D eigenvalue weighted by molar-refractivity contribution is 7.85. The molecule has 1 heterocycles. The molecule has 0 aromatic rings. The first-order chi connectivity index (χ1) is 11.0. The normalized spacial score (nSPS) is 26.1. The van der Waals surface area contributed by atoms with Crippen LogP contribution >= 0.6 is 0 Å². The molecule has 7 nitrogen and oxygen atoms in total. The van der Waals surface area contributed by atoms with E-state index in [9.17, 15) is 13.2 Å². The van der Waals surface area contributed by atoms with Gasteiger partial charge in [0.25, 0.3) is 10.1 Å². The van der Waals surface area contributed by atoms with Crippen LogP contribution in [0.3, 0.4) is 0 Å². The first-order valence-corrected chi connectivity index (χ1v) is 10.3. The summed E-state index contributed by atoms with van der Waals surface area (Å²) in [5.41, 5.74) is -0.473. The van der Waals surface area contributed by atoms with Crippen molar-refractivity contribution in [2.24, 2.45) is 5.92 Å². The number of rotatable bonds is 5. The van der Waals surface area contributed by atoms with Gasteiger partial charge in [-0.15, -0.1) is 0 Å². The molecule has 0 aromatic carbocycles. The van der Waals surface area contributed by atoms with Crippen molar-refractivity contribution < 1.29 is 26.9 Å². The fraction of sp³-hybridized carbons (Fsp3) is 0.938. The molecule has 8 heteroatoms. The van der Waals surface area contributed by atoms with Gasteiger partial charge in [0.2, 0.25) is 0 Å². The van der Waals surface area contributed by atoms with Gasteiger partial charge in [-0.3, -0.25) is 4.18 Å². The summed E-state index contributed by atoms with van der Waals surface area (Å²) in [6, 6.07) is 0. The van der Waals surface area contributed by atoms with Gasteiger partial charge < -0.3 is 14.4 Å². The molecule has 0 N–H and O–H groups in total. The molecule has 140 valence electrons. The lowest BCUT2D eigenvalue weighted by Crippen LogP contribution is -2.45. The van der Waals surface area contributed by atoms with Crippen LogP contribution in [0.15, 0.2) is 0 Å². The average molecular weight is 363 g/mol. The summed E-state index contributed by atoms with van der Waals surface area (Å²) in [6.07, 6.45) is 4.42. The molecule has 1 amide bonds. The van der Waals surface area contributed by atoms with Gasteiger partial charge >= 0.3 is 6.09 Å². The van der Waals surface area contributed by atoms with Crippen LogP contribution in [0.25, 0.3) is 0 Å². The summed E-state index contributed by atoms with van der Waals surface area (Å²) in [6.45, 7) is 7.12. The summed E-state index contributed by atoms with van der Waals surface area (Å²) in [7, 11) is -3.36. The van der Waals surface area contributed by atoms with E-state index < -0.39 is 15.7 Å². The Hall–Kier alpha value is -0.860. The van der Waals surface area contributed by atoms with Crippen LogP contribution in [0.1, 0.15) is 46.5 Å². The van der Waals surface area contributed by atoms with Crippen molar-refractivity contribution in [2.45, 2.75) is 64.3 Å². The van der Waals surface area contributed by atoms with Gasteiger partial charge in [0.05, 0.1) is 25.1 Å². The monoisotopic (exact) mass is 363 g/mol. The summed E-state index contributed by atoms with van der Waals surface area (Å²) < 4.78 is 38.1. The second-order valence-electron chi connectivity index (χ2n) is 7.75. The topological polar surface area (TPSA) is 82.1 Å². The Morgan fingerprint density at radius 1 is 1.12 bits per heavy atom. The smallest absolute Gasteiger partial charge is 0.410 e. The molecule has 1 saturated carbocycles. The number of amides is 1. The van der Waals surface area contributed by atoms with E-state index in [1.165, 1.54) is 0 Å². The first kappa shape index (κ1) is 19.5. The third-order valence-corrected chi connectivity index (χ3v) is 4.75. The van der Waals surface area contributed by atoms with Crippen LogP contribution in [-0.4, -0.2) is 63.2 Å². The second kappa shape index (κ2) is 7.58. The van der Waals surface area contributed by atoms with Crippen molar-refractivity contribution in [3.05, 3.63) is 0 Å². The Morgan fingerprint density at radius 2 is 1.71 bits per heavy atom. The Kier molecular flexibility index (Phi) is 6.14. The third kappa shape index (κ3) is 6.57. The van der Waals surface area contributed by atoms with Crippen molar-refractivity contribution in [3.8, 4) is 0 Å². The minimum Gasteiger partial charge on any atom is -0.444 e. The zero-order valence-electron chi connectivity index (χ0n) is 15.0. The van der Waals surface area contributed by atoms with E-state index in [1.54, 1.807) is 4.90 Å². The number of carbonyl (C=O) groups excluding carboxylic acids is 1. The fourth-order valence-electron chi connectivity index (χ4n) is 2.91. The van der Waals surface area contributed by atoms with Crippen molar-refractivity contribution in [1.29, 1.82) is 0 Å². The maximum atomic E-state index is 12.0. The van der Waals surface area contributed by atoms with Crippen LogP contribution in [0.5, 0.6) is 0 Å². The molecule has 0 unspecified atom stereocenters. The van der Waals surface area contributed by atoms with Gasteiger partial charge in [0.1, 0.15) is 5.60 Å². The number of ether oxygens (including phenoxy) is 2. The molecule has 0 radical (unpaired) electrons. The van der Waals surface area contributed by atoms with E-state index in [1.807, 2.05) is 20.8 Å². The Balaban J connectivity index is 1.62. The summed E-state index contributed by atoms with van der Waals surface area (Å²) >= 11 is 0. The van der Waals surface area contributed by atoms with Crippen molar-refractivity contribution in [1.82, 2.24) is 4.90 Å². The minimum atomic E-state index is -3.36. The number of hydrogen-bond acceptors (Lipinski definition) is 6. The lowest BCUT2D eigenvalue weighted by atomic mass is 9.83. The highest BCUT2D eigenvalue weighted by Gasteiger charge is 2.34. The SMILES string of the molecule is CC(C)(C)OC(=O)N1CCC(OC2CC(COS(C)(=O)=O)C2)CC1. The van der Waals surface area contributed by atoms with Crippen LogP contribution in [0.4, 0.5) is 4.79 Å². The van der Waals surface area contributed by atoms with Crippen LogP contribution < -0.4 is 0 Å². The van der Waals surface area contributed by atoms with Gasteiger partial charge in [0.15, 0.2) is 0 Å². The molecule has 0 bridgehead atoms. The van der Waals surface area contributed by atoms with Crippen molar-refractivity contribution in [3.63, 3.8) is 0 Å². The maximum absolute atomic E-state index is 12.0. The summed E-state index contributed by atoms with van der Waals surface area (Å²) in [4.78, 5) is 13.7. The highest BCUT2D eigenvalue weighted by atomic mass is 32.2. The number of piperidine rings is 1. The Morgan fingerprint density at radius 3 is 2.21 bits per heavy atom. The van der Waals surface area contributed by atoms with Gasteiger partial charge in [-0.1, -0.05) is 0 Å². The predicted octanol–water partition coefficient (Wildman–Crippen LogP) is 2.16. The molecule has 1 saturated heterocycles. The van der Waals surface area contributed by atoms with E-state index in [0.717, 1.165) is 31.9 Å². The third-order valence-electron chi connectivity index (χ3n) is 4.19. The maximum Gasteiger partial charge on any atom is 0.410 e. The Bertz CT molecular complexity index is 527. The molecule has 2 rings (SSSR count). The van der Waals surface area contributed by atoms with Crippen molar-refractivity contribution >= 4 is 16.2 Å². The molecule has 1 aliphatic carbocycles. The quantitative estimate of drug-likeness (QED) is 0.696. The number of nitrogens with zero attached hydrogens (tertiary/aromatic N) is 1. The van der Waals surface area contributed by atoms with Crippen LogP contribution in [0, 0.1) is 5.92 Å². The predicted molar refractivity (Wildman–Crippen MR) is 89.2 cm³/mol. The number of likely N-dealkylation sites (tertiary alicyclic amines) is 1. The Labute approximate surface area is 144 Å². The molecule has 0 spiro atoms. The largest absolute Gasteiger partial charge is 0.444 e. The van der Waals surface area contributed by atoms with Crippen LogP contribution in [0.2, 0.25) is 0 Å². The lowest BCUT2D eigenvalue weighted by Gasteiger charge is -2.39. The molecular formula is C16H29NO6S.